The predicted molar refractivity (Wildman–Crippen MR) is 266 cm³/mol. The van der Waals surface area contributed by atoms with Crippen LogP contribution in [0.1, 0.15) is 43.5 Å². The summed E-state index contributed by atoms with van der Waals surface area (Å²) in [5, 5.41) is 3.40. The molecule has 5 nitrogen and oxygen atoms in total. The van der Waals surface area contributed by atoms with Crippen LogP contribution in [0.3, 0.4) is 0 Å². The van der Waals surface area contributed by atoms with E-state index in [0.29, 0.717) is 17.5 Å². The first-order valence-electron chi connectivity index (χ1n) is 21.9. The molecule has 0 aliphatic heterocycles. The van der Waals surface area contributed by atoms with E-state index in [1.54, 1.807) is 0 Å². The Kier molecular flexibility index (Phi) is 12.8. The van der Waals surface area contributed by atoms with Crippen LogP contribution < -0.4 is 5.19 Å². The molecule has 0 bridgehead atoms. The number of fused-ring (bicyclic) bond motifs is 4. The molecule has 4 aromatic heterocycles. The number of aryl methyl sites for hydroxylation is 2. The number of rotatable bonds is 8. The van der Waals surface area contributed by atoms with Gasteiger partial charge in [0.15, 0.2) is 0 Å². The van der Waals surface area contributed by atoms with Crippen molar-refractivity contribution < 1.29 is 24.5 Å². The maximum Gasteiger partial charge on any atom is 0.216 e. The zero-order valence-corrected chi connectivity index (χ0v) is 41.1. The fourth-order valence-electron chi connectivity index (χ4n) is 8.22. The molecule has 7 heteroatoms. The van der Waals surface area contributed by atoms with E-state index in [-0.39, 0.29) is 20.1 Å². The molecule has 0 aliphatic rings. The van der Waals surface area contributed by atoms with Gasteiger partial charge in [-0.25, -0.2) is 4.98 Å². The van der Waals surface area contributed by atoms with Crippen molar-refractivity contribution in [2.75, 3.05) is 0 Å². The summed E-state index contributed by atoms with van der Waals surface area (Å²) in [5.74, 6) is 1.58. The molecular weight excluding hydrogens is 977 g/mol. The quantitative estimate of drug-likeness (QED) is 0.112. The first-order chi connectivity index (χ1) is 30.5. The van der Waals surface area contributed by atoms with E-state index in [2.05, 4.69) is 215 Å². The van der Waals surface area contributed by atoms with Crippen molar-refractivity contribution in [2.45, 2.75) is 60.2 Å². The summed E-state index contributed by atoms with van der Waals surface area (Å²) in [6.45, 7) is 17.9. The van der Waals surface area contributed by atoms with Gasteiger partial charge in [0.1, 0.15) is 0 Å². The van der Waals surface area contributed by atoms with Crippen LogP contribution in [0, 0.1) is 31.9 Å². The van der Waals surface area contributed by atoms with Crippen LogP contribution in [0.5, 0.6) is 0 Å². The summed E-state index contributed by atoms with van der Waals surface area (Å²) < 4.78 is 8.99. The van der Waals surface area contributed by atoms with E-state index in [0.717, 1.165) is 89.2 Å². The van der Waals surface area contributed by atoms with Crippen LogP contribution in [-0.4, -0.2) is 27.6 Å². The zero-order valence-electron chi connectivity index (χ0n) is 37.7. The molecule has 0 spiro atoms. The molecule has 1 unspecified atom stereocenters. The summed E-state index contributed by atoms with van der Waals surface area (Å²) in [7, 11) is -1.24. The Morgan fingerprint density at radius 2 is 1.34 bits per heavy atom. The SMILES string of the molecule is Cc1c[c-]c(-c2ccc([Si](C)(C)C)cn2)cc1.Cc1cccc2nc(-c3[c-]ccc4c3oc3nc(C(C)C(C)C)ccc34)n(-c3c(-c4ccccc4)cccc3-c3ccccc3)c12.[Ir]. The van der Waals surface area contributed by atoms with Crippen molar-refractivity contribution in [1.29, 1.82) is 0 Å². The molecule has 0 saturated heterocycles. The molecule has 0 amide bonds. The number of pyridine rings is 2. The molecule has 321 valence electrons. The van der Waals surface area contributed by atoms with Gasteiger partial charge < -0.3 is 14.0 Å². The van der Waals surface area contributed by atoms with E-state index in [1.807, 2.05) is 18.3 Å². The molecule has 10 rings (SSSR count). The summed E-state index contributed by atoms with van der Waals surface area (Å²) in [5.41, 5.74) is 15.3. The topological polar surface area (TPSA) is 56.7 Å². The van der Waals surface area contributed by atoms with Crippen LogP contribution in [-0.2, 0) is 20.1 Å². The molecule has 0 aliphatic carbocycles. The number of imidazole rings is 1. The average Bonchev–Trinajstić information content (AvgIpc) is 3.88. The van der Waals surface area contributed by atoms with Crippen molar-refractivity contribution in [3.8, 4) is 50.6 Å². The molecule has 0 saturated carbocycles. The Morgan fingerprint density at radius 3 is 1.95 bits per heavy atom. The number of hydrogen-bond donors (Lipinski definition) is 0. The van der Waals surface area contributed by atoms with Crippen molar-refractivity contribution in [1.82, 2.24) is 19.5 Å². The Labute approximate surface area is 391 Å². The van der Waals surface area contributed by atoms with Crippen molar-refractivity contribution in [2.24, 2.45) is 5.92 Å². The van der Waals surface area contributed by atoms with E-state index >= 15 is 0 Å². The van der Waals surface area contributed by atoms with Crippen LogP contribution in [0.25, 0.3) is 83.7 Å². The van der Waals surface area contributed by atoms with Gasteiger partial charge in [0.2, 0.25) is 5.71 Å². The maximum atomic E-state index is 6.66. The minimum Gasteiger partial charge on any atom is -0.486 e. The molecule has 64 heavy (non-hydrogen) atoms. The fraction of sp³-hybridized carbons (Fsp3) is 0.175. The molecule has 4 heterocycles. The minimum atomic E-state index is -1.24. The van der Waals surface area contributed by atoms with Gasteiger partial charge in [-0.15, -0.1) is 53.6 Å². The standard InChI is InChI=1S/C42H34N3O.C15H18NSi.Ir/c1-26(2)28(4)36-25-24-34-33-21-13-22-35(40(33)46-42(34)44-36)41-43-37-23-11-14-27(3)38(37)45(41)39-31(29-15-7-5-8-16-29)19-12-20-32(39)30-17-9-6-10-18-30;1-12-5-7-13(8-6-12)15-10-9-14(11-16-15)17(2,3)4;/h5-21,23-26,28H,1-4H3;5-7,9-11H,1-4H3;/q2*-1;. The van der Waals surface area contributed by atoms with E-state index < -0.39 is 8.07 Å². The van der Waals surface area contributed by atoms with Gasteiger partial charge in [-0.3, -0.25) is 4.98 Å². The minimum absolute atomic E-state index is 0. The van der Waals surface area contributed by atoms with Gasteiger partial charge >= 0.3 is 0 Å². The van der Waals surface area contributed by atoms with E-state index in [4.69, 9.17) is 14.4 Å². The Hall–Kier alpha value is -6.24. The van der Waals surface area contributed by atoms with Crippen molar-refractivity contribution in [3.05, 3.63) is 187 Å². The molecule has 6 aromatic carbocycles. The third kappa shape index (κ3) is 8.68. The monoisotopic (exact) mass is 1030 g/mol. The predicted octanol–water partition coefficient (Wildman–Crippen LogP) is 14.6. The molecule has 0 fully saturated rings. The normalized spacial score (nSPS) is 12.0. The van der Waals surface area contributed by atoms with Crippen molar-refractivity contribution >= 4 is 46.4 Å². The second-order valence-electron chi connectivity index (χ2n) is 17.9. The number of furan rings is 1. The fourth-order valence-corrected chi connectivity index (χ4v) is 9.26. The number of nitrogens with zero attached hydrogens (tertiary/aromatic N) is 4. The van der Waals surface area contributed by atoms with E-state index in [9.17, 15) is 0 Å². The third-order valence-electron chi connectivity index (χ3n) is 12.2. The molecule has 1 atom stereocenters. The third-order valence-corrected chi connectivity index (χ3v) is 14.2. The summed E-state index contributed by atoms with van der Waals surface area (Å²) in [4.78, 5) is 14.9. The van der Waals surface area contributed by atoms with Gasteiger partial charge in [-0.05, 0) is 58.6 Å². The second kappa shape index (κ2) is 18.5. The summed E-state index contributed by atoms with van der Waals surface area (Å²) >= 11 is 0. The second-order valence-corrected chi connectivity index (χ2v) is 23.0. The van der Waals surface area contributed by atoms with Crippen LogP contribution in [0.2, 0.25) is 19.6 Å². The first kappa shape index (κ1) is 44.4. The van der Waals surface area contributed by atoms with Gasteiger partial charge in [-0.2, -0.15) is 0 Å². The summed E-state index contributed by atoms with van der Waals surface area (Å²) in [6.07, 6.45) is 2.02. The van der Waals surface area contributed by atoms with Gasteiger partial charge in [0, 0.05) is 54.4 Å². The number of hydrogen-bond acceptors (Lipinski definition) is 4. The Bertz CT molecular complexity index is 3150. The van der Waals surface area contributed by atoms with Crippen LogP contribution >= 0.6 is 0 Å². The largest absolute Gasteiger partial charge is 0.486 e. The molecule has 0 N–H and O–H groups in total. The molecular formula is C57H52IrN4OSi-2. The Morgan fingerprint density at radius 1 is 0.656 bits per heavy atom. The molecule has 1 radical (unpaired) electrons. The van der Waals surface area contributed by atoms with Gasteiger partial charge in [0.05, 0.1) is 36.2 Å². The Balaban J connectivity index is 0.000000262. The zero-order chi connectivity index (χ0) is 43.8. The van der Waals surface area contributed by atoms with E-state index in [1.165, 1.54) is 10.8 Å². The maximum absolute atomic E-state index is 6.66. The number of aromatic nitrogens is 4. The van der Waals surface area contributed by atoms with Crippen molar-refractivity contribution in [3.63, 3.8) is 0 Å². The number of para-hydroxylation sites is 2. The summed E-state index contributed by atoms with van der Waals surface area (Å²) in [6, 6.07) is 59.7. The van der Waals surface area contributed by atoms with Gasteiger partial charge in [-0.1, -0.05) is 161 Å². The van der Waals surface area contributed by atoms with Gasteiger partial charge in [0.25, 0.3) is 0 Å². The van der Waals surface area contributed by atoms with Crippen LogP contribution in [0.4, 0.5) is 0 Å². The number of benzene rings is 6. The molecule has 10 aromatic rings. The first-order valence-corrected chi connectivity index (χ1v) is 25.4. The van der Waals surface area contributed by atoms with Crippen LogP contribution in [0.15, 0.2) is 162 Å². The smallest absolute Gasteiger partial charge is 0.216 e. The average molecular weight is 1030 g/mol.